The summed E-state index contributed by atoms with van der Waals surface area (Å²) in [6.07, 6.45) is 4.64. The van der Waals surface area contributed by atoms with Crippen LogP contribution < -0.4 is 21.3 Å². The Balaban J connectivity index is 1.23. The summed E-state index contributed by atoms with van der Waals surface area (Å²) in [5.41, 5.74) is 19.8. The molecule has 0 atom stereocenters. The first-order valence-electron chi connectivity index (χ1n) is 24.1. The Kier molecular flexibility index (Phi) is 9.12. The molecule has 11 rings (SSSR count). The van der Waals surface area contributed by atoms with Crippen molar-refractivity contribution in [1.29, 1.82) is 0 Å². The number of nitrogens with one attached hydrogen (secondary N) is 1. The maximum Gasteiger partial charge on any atom is 0.247 e. The van der Waals surface area contributed by atoms with E-state index in [9.17, 15) is 0 Å². The van der Waals surface area contributed by atoms with E-state index in [0.29, 0.717) is 0 Å². The van der Waals surface area contributed by atoms with Gasteiger partial charge < -0.3 is 14.6 Å². The van der Waals surface area contributed by atoms with Crippen LogP contribution in [0.3, 0.4) is 0 Å². The van der Waals surface area contributed by atoms with Crippen LogP contribution >= 0.6 is 0 Å². The Morgan fingerprint density at radius 2 is 1.09 bits per heavy atom. The molecule has 1 N–H and O–H groups in total. The van der Waals surface area contributed by atoms with Crippen molar-refractivity contribution in [3.63, 3.8) is 0 Å². The summed E-state index contributed by atoms with van der Waals surface area (Å²) >= 11 is 0. The smallest absolute Gasteiger partial charge is 0.247 e. The van der Waals surface area contributed by atoms with E-state index in [1.807, 2.05) is 0 Å². The summed E-state index contributed by atoms with van der Waals surface area (Å²) in [6, 6.07) is 43.9. The molecule has 1 radical (unpaired) electrons. The summed E-state index contributed by atoms with van der Waals surface area (Å²) in [6.45, 7) is 28.6. The summed E-state index contributed by atoms with van der Waals surface area (Å²) in [4.78, 5) is 2.63. The van der Waals surface area contributed by atoms with Crippen LogP contribution in [0.5, 0.6) is 0 Å². The van der Waals surface area contributed by atoms with Gasteiger partial charge in [-0.1, -0.05) is 143 Å². The summed E-state index contributed by atoms with van der Waals surface area (Å²) < 4.78 is 7.28. The van der Waals surface area contributed by atoms with Crippen molar-refractivity contribution in [3.8, 4) is 11.1 Å². The average Bonchev–Trinajstić information content (AvgIpc) is 3.62. The number of hydrogen-bond acceptors (Lipinski definition) is 3. The van der Waals surface area contributed by atoms with E-state index in [1.54, 1.807) is 0 Å². The van der Waals surface area contributed by atoms with Crippen molar-refractivity contribution < 1.29 is 4.42 Å². The maximum atomic E-state index is 7.28. The molecular formula is C61H64BN2O. The molecule has 2 aliphatic carbocycles. The fourth-order valence-corrected chi connectivity index (χ4v) is 11.7. The van der Waals surface area contributed by atoms with Crippen LogP contribution in [0.1, 0.15) is 135 Å². The zero-order valence-electron chi connectivity index (χ0n) is 40.7. The first-order chi connectivity index (χ1) is 30.7. The van der Waals surface area contributed by atoms with E-state index >= 15 is 0 Å². The van der Waals surface area contributed by atoms with E-state index < -0.39 is 0 Å². The third-order valence-electron chi connectivity index (χ3n) is 16.1. The second-order valence-corrected chi connectivity index (χ2v) is 23.5. The van der Waals surface area contributed by atoms with E-state index in [-0.39, 0.29) is 27.1 Å². The summed E-state index contributed by atoms with van der Waals surface area (Å²) in [7, 11) is 2.37. The molecule has 327 valence electrons. The number of furan rings is 1. The molecule has 1 aliphatic heterocycles. The average molecular weight is 852 g/mol. The molecule has 0 bridgehead atoms. The minimum absolute atomic E-state index is 0.0364. The third kappa shape index (κ3) is 6.67. The van der Waals surface area contributed by atoms with Crippen LogP contribution in [-0.2, 0) is 27.1 Å². The van der Waals surface area contributed by atoms with E-state index in [4.69, 9.17) is 4.42 Å². The molecule has 0 saturated heterocycles. The third-order valence-corrected chi connectivity index (χ3v) is 16.1. The Bertz CT molecular complexity index is 3260. The molecule has 0 amide bonds. The molecule has 65 heavy (non-hydrogen) atoms. The fourth-order valence-electron chi connectivity index (χ4n) is 11.7. The number of hydrogen-bond donors (Lipinski definition) is 1. The number of anilines is 5. The zero-order chi connectivity index (χ0) is 45.6. The highest BCUT2D eigenvalue weighted by Gasteiger charge is 2.42. The monoisotopic (exact) mass is 852 g/mol. The minimum Gasteiger partial charge on any atom is -0.469 e. The van der Waals surface area contributed by atoms with Crippen molar-refractivity contribution >= 4 is 79.4 Å². The van der Waals surface area contributed by atoms with Gasteiger partial charge in [0.25, 0.3) is 0 Å². The molecule has 7 aromatic carbocycles. The first kappa shape index (κ1) is 41.9. The highest BCUT2D eigenvalue weighted by molar-refractivity contribution is 6.73. The molecule has 3 aliphatic rings. The minimum atomic E-state index is 0.0364. The number of benzene rings is 7. The van der Waals surface area contributed by atoms with Crippen molar-refractivity contribution in [2.24, 2.45) is 0 Å². The molecule has 8 aromatic rings. The summed E-state index contributed by atoms with van der Waals surface area (Å²) in [5, 5.41) is 9.97. The second kappa shape index (κ2) is 14.1. The Hall–Kier alpha value is -5.74. The highest BCUT2D eigenvalue weighted by Crippen LogP contribution is 2.54. The first-order valence-corrected chi connectivity index (χ1v) is 24.1. The molecule has 0 saturated carbocycles. The van der Waals surface area contributed by atoms with Gasteiger partial charge in [0.2, 0.25) is 7.28 Å². The number of rotatable bonds is 4. The number of fused-ring (bicyclic) bond motifs is 9. The Morgan fingerprint density at radius 1 is 0.554 bits per heavy atom. The van der Waals surface area contributed by atoms with Crippen molar-refractivity contribution in [2.75, 3.05) is 10.2 Å². The number of nitrogens with zero attached hydrogens (tertiary/aromatic N) is 1. The van der Waals surface area contributed by atoms with Gasteiger partial charge in [-0.25, -0.2) is 0 Å². The quantitative estimate of drug-likeness (QED) is 0.179. The molecule has 0 fully saturated rings. The molecule has 4 heteroatoms. The second-order valence-electron chi connectivity index (χ2n) is 23.5. The lowest BCUT2D eigenvalue weighted by Gasteiger charge is -2.43. The lowest BCUT2D eigenvalue weighted by molar-refractivity contribution is 0.332. The summed E-state index contributed by atoms with van der Waals surface area (Å²) in [5.74, 6) is 0. The van der Waals surface area contributed by atoms with Gasteiger partial charge in [0.1, 0.15) is 5.58 Å². The van der Waals surface area contributed by atoms with Crippen LogP contribution in [0, 0.1) is 6.92 Å². The maximum absolute atomic E-state index is 7.28. The Labute approximate surface area is 387 Å². The van der Waals surface area contributed by atoms with Crippen molar-refractivity contribution in [3.05, 3.63) is 149 Å². The van der Waals surface area contributed by atoms with Crippen molar-refractivity contribution in [2.45, 2.75) is 136 Å². The van der Waals surface area contributed by atoms with Gasteiger partial charge in [0.05, 0.1) is 11.3 Å². The predicted octanol–water partition coefficient (Wildman–Crippen LogP) is 15.9. The SMILES string of the molecule is Cc1cc2c(cc1N1c3c(c(-c4cc5ccccc5cc4Nc4ccc(C(C)(C)C)cc4)cc4ccccc34)[B]c3oc4cc5c(cc4c31)C(C)(C)CCC5(C)C)C(C)(C)CCC2(C)C. The molecule has 2 heterocycles. The van der Waals surface area contributed by atoms with Crippen LogP contribution in [0.2, 0.25) is 0 Å². The van der Waals surface area contributed by atoms with Gasteiger partial charge in [-0.3, -0.25) is 0 Å². The van der Waals surface area contributed by atoms with Gasteiger partial charge >= 0.3 is 0 Å². The van der Waals surface area contributed by atoms with Crippen LogP contribution in [0.15, 0.2) is 120 Å². The fraction of sp³-hybridized carbons (Fsp3) is 0.344. The Morgan fingerprint density at radius 3 is 1.72 bits per heavy atom. The zero-order valence-corrected chi connectivity index (χ0v) is 40.7. The predicted molar refractivity (Wildman–Crippen MR) is 280 cm³/mol. The van der Waals surface area contributed by atoms with Crippen LogP contribution in [-0.4, -0.2) is 7.28 Å². The topological polar surface area (TPSA) is 28.4 Å². The van der Waals surface area contributed by atoms with E-state index in [2.05, 4.69) is 216 Å². The molecular weight excluding hydrogens is 787 g/mol. The normalized spacial score (nSPS) is 17.9. The number of aryl methyl sites for hydroxylation is 1. The lowest BCUT2D eigenvalue weighted by Crippen LogP contribution is -2.41. The molecule has 3 nitrogen and oxygen atoms in total. The van der Waals surface area contributed by atoms with Crippen LogP contribution in [0.4, 0.5) is 28.4 Å². The largest absolute Gasteiger partial charge is 0.469 e. The standard InChI is InChI=1S/C61H64BN2O/c1-36-29-46-48(60(9,10)27-25-58(46,5)6)34-51(36)64-54-42-20-16-15-19-39(42)31-44(43-30-37-17-13-14-18-38(37)32-50(43)63-41-23-21-40(22-24-41)57(2,3)4)53(54)62-56-55(64)45-33-47-49(35-52(45)65-56)61(11,12)28-26-59(47,7)8/h13-24,29-35,63H,25-28H2,1-12H3. The van der Waals surface area contributed by atoms with Gasteiger partial charge in [0, 0.05) is 39.1 Å². The van der Waals surface area contributed by atoms with Gasteiger partial charge in [-0.15, -0.1) is 0 Å². The highest BCUT2D eigenvalue weighted by atomic mass is 16.3. The van der Waals surface area contributed by atoms with Crippen molar-refractivity contribution in [1.82, 2.24) is 0 Å². The van der Waals surface area contributed by atoms with Gasteiger partial charge in [0.15, 0.2) is 0 Å². The molecule has 0 unspecified atom stereocenters. The lowest BCUT2D eigenvalue weighted by atomic mass is 9.60. The van der Waals surface area contributed by atoms with Crippen LogP contribution in [0.25, 0.3) is 43.6 Å². The van der Waals surface area contributed by atoms with E-state index in [0.717, 1.165) is 53.1 Å². The van der Waals surface area contributed by atoms with Gasteiger partial charge in [-0.2, -0.15) is 0 Å². The molecule has 0 spiro atoms. The molecule has 1 aromatic heterocycles. The van der Waals surface area contributed by atoms with Gasteiger partial charge in [-0.05, 0) is 169 Å². The van der Waals surface area contributed by atoms with E-state index in [1.165, 1.54) is 89.1 Å².